The fourth-order valence-electron chi connectivity index (χ4n) is 4.01. The van der Waals surface area contributed by atoms with Crippen LogP contribution in [0.4, 0.5) is 10.5 Å². The van der Waals surface area contributed by atoms with Crippen LogP contribution in [-0.2, 0) is 4.79 Å². The second-order valence-electron chi connectivity index (χ2n) is 7.85. The van der Waals surface area contributed by atoms with Crippen molar-refractivity contribution in [2.24, 2.45) is 5.92 Å². The number of urea groups is 1. The minimum absolute atomic E-state index is 0.0227. The van der Waals surface area contributed by atoms with Gasteiger partial charge in [0, 0.05) is 31.7 Å². The van der Waals surface area contributed by atoms with Gasteiger partial charge in [0.05, 0.1) is 6.04 Å². The van der Waals surface area contributed by atoms with Crippen LogP contribution in [0.3, 0.4) is 0 Å². The summed E-state index contributed by atoms with van der Waals surface area (Å²) in [4.78, 5) is 29.4. The lowest BCUT2D eigenvalue weighted by molar-refractivity contribution is -0.126. The van der Waals surface area contributed by atoms with Crippen molar-refractivity contribution in [1.29, 1.82) is 0 Å². The van der Waals surface area contributed by atoms with E-state index in [1.54, 1.807) is 23.3 Å². The minimum Gasteiger partial charge on any atom is -0.345 e. The van der Waals surface area contributed by atoms with E-state index in [4.69, 9.17) is 0 Å². The zero-order valence-corrected chi connectivity index (χ0v) is 18.4. The Kier molecular flexibility index (Phi) is 6.67. The normalized spacial score (nSPS) is 15.3. The van der Waals surface area contributed by atoms with Gasteiger partial charge in [-0.25, -0.2) is 4.79 Å². The SMILES string of the molecule is CN(C(=O)N1CCC(C(=O)NC(c2ccccc2)c2ccsc2)CC1)c1ccccc1. The third-order valence-electron chi connectivity index (χ3n) is 5.86. The first-order valence-corrected chi connectivity index (χ1v) is 11.5. The zero-order valence-electron chi connectivity index (χ0n) is 17.6. The highest BCUT2D eigenvalue weighted by Crippen LogP contribution is 2.26. The molecule has 0 spiro atoms. The number of likely N-dealkylation sites (tertiary alicyclic amines) is 1. The summed E-state index contributed by atoms with van der Waals surface area (Å²) < 4.78 is 0. The maximum Gasteiger partial charge on any atom is 0.324 e. The smallest absolute Gasteiger partial charge is 0.324 e. The first kappa shape index (κ1) is 21.1. The molecule has 1 unspecified atom stereocenters. The van der Waals surface area contributed by atoms with Gasteiger partial charge in [-0.15, -0.1) is 0 Å². The van der Waals surface area contributed by atoms with Crippen molar-refractivity contribution in [3.05, 3.63) is 88.6 Å². The largest absolute Gasteiger partial charge is 0.345 e. The van der Waals surface area contributed by atoms with Crippen molar-refractivity contribution in [3.63, 3.8) is 0 Å². The molecular weight excluding hydrogens is 406 g/mol. The molecule has 0 aliphatic carbocycles. The molecule has 1 aliphatic rings. The number of amides is 3. The molecule has 160 valence electrons. The van der Waals surface area contributed by atoms with E-state index in [0.717, 1.165) is 16.8 Å². The summed E-state index contributed by atoms with van der Waals surface area (Å²) in [6, 6.07) is 21.6. The topological polar surface area (TPSA) is 52.7 Å². The maximum absolute atomic E-state index is 13.1. The second-order valence-corrected chi connectivity index (χ2v) is 8.63. The van der Waals surface area contributed by atoms with Crippen LogP contribution < -0.4 is 10.2 Å². The summed E-state index contributed by atoms with van der Waals surface area (Å²) in [6.45, 7) is 1.17. The van der Waals surface area contributed by atoms with E-state index < -0.39 is 0 Å². The molecule has 31 heavy (non-hydrogen) atoms. The van der Waals surface area contributed by atoms with Crippen LogP contribution in [-0.4, -0.2) is 37.0 Å². The van der Waals surface area contributed by atoms with Gasteiger partial charge in [0.2, 0.25) is 5.91 Å². The molecule has 1 saturated heterocycles. The molecule has 6 heteroatoms. The number of rotatable bonds is 5. The summed E-state index contributed by atoms with van der Waals surface area (Å²) in [6.07, 6.45) is 1.34. The highest BCUT2D eigenvalue weighted by molar-refractivity contribution is 7.08. The molecule has 1 aliphatic heterocycles. The Morgan fingerprint density at radius 2 is 1.61 bits per heavy atom. The van der Waals surface area contributed by atoms with Gasteiger partial charge >= 0.3 is 6.03 Å². The Morgan fingerprint density at radius 3 is 2.23 bits per heavy atom. The number of nitrogens with one attached hydrogen (secondary N) is 1. The Hall–Kier alpha value is -3.12. The molecule has 1 atom stereocenters. The summed E-state index contributed by atoms with van der Waals surface area (Å²) in [5.41, 5.74) is 3.04. The van der Waals surface area contributed by atoms with Crippen molar-refractivity contribution in [1.82, 2.24) is 10.2 Å². The van der Waals surface area contributed by atoms with Gasteiger partial charge in [-0.1, -0.05) is 48.5 Å². The lowest BCUT2D eigenvalue weighted by Crippen LogP contribution is -2.47. The Labute approximate surface area is 187 Å². The summed E-state index contributed by atoms with van der Waals surface area (Å²) in [7, 11) is 1.79. The van der Waals surface area contributed by atoms with Gasteiger partial charge < -0.3 is 10.2 Å². The Morgan fingerprint density at radius 1 is 0.968 bits per heavy atom. The van der Waals surface area contributed by atoms with Crippen molar-refractivity contribution in [3.8, 4) is 0 Å². The number of piperidine rings is 1. The number of carbonyl (C=O) groups is 2. The summed E-state index contributed by atoms with van der Waals surface area (Å²) in [5, 5.41) is 7.37. The average Bonchev–Trinajstić information content (AvgIpc) is 3.37. The van der Waals surface area contributed by atoms with Gasteiger partial charge in [-0.2, -0.15) is 11.3 Å². The molecule has 2 heterocycles. The molecule has 1 fully saturated rings. The van der Waals surface area contributed by atoms with Crippen LogP contribution in [0.1, 0.15) is 30.0 Å². The van der Waals surface area contributed by atoms with Gasteiger partial charge in [-0.05, 0) is 52.9 Å². The second kappa shape index (κ2) is 9.79. The molecule has 5 nitrogen and oxygen atoms in total. The average molecular weight is 434 g/mol. The quantitative estimate of drug-likeness (QED) is 0.621. The molecule has 1 aromatic heterocycles. The number of para-hydroxylation sites is 1. The molecule has 4 rings (SSSR count). The van der Waals surface area contributed by atoms with Crippen LogP contribution in [0.15, 0.2) is 77.5 Å². The predicted octanol–water partition coefficient (Wildman–Crippen LogP) is 4.92. The Balaban J connectivity index is 1.37. The van der Waals surface area contributed by atoms with Gasteiger partial charge in [-0.3, -0.25) is 9.69 Å². The van der Waals surface area contributed by atoms with E-state index in [2.05, 4.69) is 16.8 Å². The number of anilines is 1. The van der Waals surface area contributed by atoms with Crippen molar-refractivity contribution in [2.75, 3.05) is 25.0 Å². The lowest BCUT2D eigenvalue weighted by atomic mass is 9.94. The minimum atomic E-state index is -0.149. The number of carbonyl (C=O) groups excluding carboxylic acids is 2. The molecule has 2 aromatic carbocycles. The number of benzene rings is 2. The van der Waals surface area contributed by atoms with E-state index in [9.17, 15) is 9.59 Å². The molecule has 0 radical (unpaired) electrons. The van der Waals surface area contributed by atoms with E-state index in [1.807, 2.05) is 70.9 Å². The molecule has 3 amide bonds. The van der Waals surface area contributed by atoms with Gasteiger partial charge in [0.25, 0.3) is 0 Å². The molecule has 1 N–H and O–H groups in total. The van der Waals surface area contributed by atoms with E-state index >= 15 is 0 Å². The third kappa shape index (κ3) is 4.97. The first-order chi connectivity index (χ1) is 15.1. The highest BCUT2D eigenvalue weighted by Gasteiger charge is 2.30. The van der Waals surface area contributed by atoms with Crippen LogP contribution >= 0.6 is 11.3 Å². The van der Waals surface area contributed by atoms with Crippen LogP contribution in [0, 0.1) is 5.92 Å². The predicted molar refractivity (Wildman–Crippen MR) is 125 cm³/mol. The fraction of sp³-hybridized carbons (Fsp3) is 0.280. The van der Waals surface area contributed by atoms with Crippen LogP contribution in [0.25, 0.3) is 0 Å². The highest BCUT2D eigenvalue weighted by atomic mass is 32.1. The van der Waals surface area contributed by atoms with Crippen molar-refractivity contribution in [2.45, 2.75) is 18.9 Å². The van der Waals surface area contributed by atoms with Crippen LogP contribution in [0.2, 0.25) is 0 Å². The molecule has 0 bridgehead atoms. The van der Waals surface area contributed by atoms with Gasteiger partial charge in [0.1, 0.15) is 0 Å². The van der Waals surface area contributed by atoms with Crippen molar-refractivity contribution >= 4 is 29.0 Å². The van der Waals surface area contributed by atoms with Crippen molar-refractivity contribution < 1.29 is 9.59 Å². The Bertz CT molecular complexity index is 984. The number of nitrogens with zero attached hydrogens (tertiary/aromatic N) is 2. The van der Waals surface area contributed by atoms with E-state index in [1.165, 1.54) is 0 Å². The van der Waals surface area contributed by atoms with E-state index in [0.29, 0.717) is 25.9 Å². The standard InChI is InChI=1S/C25H27N3O2S/c1-27(22-10-6-3-7-11-22)25(30)28-15-12-20(13-16-28)24(29)26-23(21-14-17-31-18-21)19-8-4-2-5-9-19/h2-11,14,17-18,20,23H,12-13,15-16H2,1H3,(H,26,29). The zero-order chi connectivity index (χ0) is 21.6. The number of hydrogen-bond acceptors (Lipinski definition) is 3. The molecule has 0 saturated carbocycles. The van der Waals surface area contributed by atoms with Crippen LogP contribution in [0.5, 0.6) is 0 Å². The van der Waals surface area contributed by atoms with E-state index in [-0.39, 0.29) is 23.9 Å². The third-order valence-corrected chi connectivity index (χ3v) is 6.56. The monoisotopic (exact) mass is 433 g/mol. The molecular formula is C25H27N3O2S. The summed E-state index contributed by atoms with van der Waals surface area (Å²) >= 11 is 1.63. The number of hydrogen-bond donors (Lipinski definition) is 1. The molecule has 3 aromatic rings. The fourth-order valence-corrected chi connectivity index (χ4v) is 4.70. The lowest BCUT2D eigenvalue weighted by Gasteiger charge is -2.34. The maximum atomic E-state index is 13.1. The number of thiophene rings is 1. The van der Waals surface area contributed by atoms with Gasteiger partial charge in [0.15, 0.2) is 0 Å². The summed E-state index contributed by atoms with van der Waals surface area (Å²) in [5.74, 6) is -0.0282. The first-order valence-electron chi connectivity index (χ1n) is 10.6.